The SMILES string of the molecule is CCCC(COC)NC1CCC1C(=O)O. The maximum atomic E-state index is 10.8. The second-order valence-corrected chi connectivity index (χ2v) is 4.24. The van der Waals surface area contributed by atoms with E-state index >= 15 is 0 Å². The number of rotatable bonds is 7. The first-order valence-electron chi connectivity index (χ1n) is 5.66. The number of hydrogen-bond acceptors (Lipinski definition) is 3. The van der Waals surface area contributed by atoms with Crippen LogP contribution in [0.25, 0.3) is 0 Å². The normalized spacial score (nSPS) is 27.1. The van der Waals surface area contributed by atoms with Crippen molar-refractivity contribution >= 4 is 5.97 Å². The van der Waals surface area contributed by atoms with Crippen molar-refractivity contribution in [1.82, 2.24) is 5.32 Å². The summed E-state index contributed by atoms with van der Waals surface area (Å²) >= 11 is 0. The minimum absolute atomic E-state index is 0.147. The predicted molar refractivity (Wildman–Crippen MR) is 57.9 cm³/mol. The van der Waals surface area contributed by atoms with Crippen molar-refractivity contribution < 1.29 is 14.6 Å². The van der Waals surface area contributed by atoms with Crippen LogP contribution in [-0.2, 0) is 9.53 Å². The van der Waals surface area contributed by atoms with Gasteiger partial charge in [0.2, 0.25) is 0 Å². The van der Waals surface area contributed by atoms with Crippen molar-refractivity contribution in [3.8, 4) is 0 Å². The second-order valence-electron chi connectivity index (χ2n) is 4.24. The molecule has 0 bridgehead atoms. The Morgan fingerprint density at radius 3 is 2.73 bits per heavy atom. The van der Waals surface area contributed by atoms with Crippen LogP contribution < -0.4 is 5.32 Å². The third-order valence-corrected chi connectivity index (χ3v) is 3.05. The third kappa shape index (κ3) is 3.47. The molecule has 1 saturated carbocycles. The number of nitrogens with one attached hydrogen (secondary N) is 1. The number of carboxylic acids is 1. The molecule has 0 spiro atoms. The summed E-state index contributed by atoms with van der Waals surface area (Å²) in [7, 11) is 1.68. The lowest BCUT2D eigenvalue weighted by molar-refractivity contribution is -0.146. The Labute approximate surface area is 91.0 Å². The zero-order valence-corrected chi connectivity index (χ0v) is 9.53. The highest BCUT2D eigenvalue weighted by atomic mass is 16.5. The largest absolute Gasteiger partial charge is 0.481 e. The van der Waals surface area contributed by atoms with E-state index < -0.39 is 5.97 Å². The Morgan fingerprint density at radius 1 is 1.60 bits per heavy atom. The summed E-state index contributed by atoms with van der Waals surface area (Å²) in [5, 5.41) is 12.3. The lowest BCUT2D eigenvalue weighted by Crippen LogP contribution is -2.52. The highest BCUT2D eigenvalue weighted by Gasteiger charge is 2.37. The van der Waals surface area contributed by atoms with E-state index in [1.54, 1.807) is 7.11 Å². The monoisotopic (exact) mass is 215 g/mol. The molecular weight excluding hydrogens is 194 g/mol. The van der Waals surface area contributed by atoms with Gasteiger partial charge in [-0.15, -0.1) is 0 Å². The van der Waals surface area contributed by atoms with Crippen LogP contribution in [0.2, 0.25) is 0 Å². The second kappa shape index (κ2) is 6.08. The fraction of sp³-hybridized carbons (Fsp3) is 0.909. The molecule has 0 aromatic carbocycles. The van der Waals surface area contributed by atoms with Gasteiger partial charge in [-0.05, 0) is 19.3 Å². The van der Waals surface area contributed by atoms with Crippen LogP contribution in [0.5, 0.6) is 0 Å². The van der Waals surface area contributed by atoms with Gasteiger partial charge in [0.05, 0.1) is 12.5 Å². The van der Waals surface area contributed by atoms with E-state index in [2.05, 4.69) is 12.2 Å². The first-order chi connectivity index (χ1) is 7.19. The molecule has 4 nitrogen and oxygen atoms in total. The van der Waals surface area contributed by atoms with Crippen LogP contribution in [0, 0.1) is 5.92 Å². The fourth-order valence-electron chi connectivity index (χ4n) is 2.06. The van der Waals surface area contributed by atoms with Crippen molar-refractivity contribution in [1.29, 1.82) is 0 Å². The molecule has 1 aliphatic carbocycles. The zero-order valence-electron chi connectivity index (χ0n) is 9.53. The standard InChI is InChI=1S/C11H21NO3/c1-3-4-8(7-15-2)12-10-6-5-9(10)11(13)14/h8-10,12H,3-7H2,1-2H3,(H,13,14). The van der Waals surface area contributed by atoms with Gasteiger partial charge in [0.15, 0.2) is 0 Å². The molecule has 0 aliphatic heterocycles. The minimum Gasteiger partial charge on any atom is -0.481 e. The molecule has 3 unspecified atom stereocenters. The highest BCUT2D eigenvalue weighted by molar-refractivity contribution is 5.72. The number of ether oxygens (including phenoxy) is 1. The van der Waals surface area contributed by atoms with Crippen molar-refractivity contribution in [2.45, 2.75) is 44.7 Å². The smallest absolute Gasteiger partial charge is 0.308 e. The molecule has 1 fully saturated rings. The topological polar surface area (TPSA) is 58.6 Å². The van der Waals surface area contributed by atoms with E-state index in [-0.39, 0.29) is 12.0 Å². The Balaban J connectivity index is 2.34. The first kappa shape index (κ1) is 12.5. The summed E-state index contributed by atoms with van der Waals surface area (Å²) in [4.78, 5) is 10.8. The number of carbonyl (C=O) groups is 1. The van der Waals surface area contributed by atoms with E-state index in [0.29, 0.717) is 12.6 Å². The molecule has 15 heavy (non-hydrogen) atoms. The molecule has 2 N–H and O–H groups in total. The molecule has 3 atom stereocenters. The van der Waals surface area contributed by atoms with Crippen LogP contribution in [0.4, 0.5) is 0 Å². The Bertz CT molecular complexity index is 202. The van der Waals surface area contributed by atoms with Crippen molar-refractivity contribution in [2.75, 3.05) is 13.7 Å². The summed E-state index contributed by atoms with van der Waals surface area (Å²) in [6.45, 7) is 2.79. The summed E-state index contributed by atoms with van der Waals surface area (Å²) < 4.78 is 5.11. The van der Waals surface area contributed by atoms with Gasteiger partial charge < -0.3 is 15.2 Å². The maximum absolute atomic E-state index is 10.8. The van der Waals surface area contributed by atoms with E-state index in [1.165, 1.54) is 0 Å². The van der Waals surface area contributed by atoms with E-state index in [1.807, 2.05) is 0 Å². The molecule has 88 valence electrons. The molecule has 0 heterocycles. The van der Waals surface area contributed by atoms with Gasteiger partial charge in [-0.3, -0.25) is 4.79 Å². The van der Waals surface area contributed by atoms with Crippen molar-refractivity contribution in [3.05, 3.63) is 0 Å². The molecular formula is C11H21NO3. The van der Waals surface area contributed by atoms with Gasteiger partial charge in [0.25, 0.3) is 0 Å². The zero-order chi connectivity index (χ0) is 11.3. The van der Waals surface area contributed by atoms with Gasteiger partial charge in [0.1, 0.15) is 0 Å². The van der Waals surface area contributed by atoms with E-state index in [0.717, 1.165) is 25.7 Å². The molecule has 4 heteroatoms. The Kier molecular flexibility index (Phi) is 5.05. The molecule has 0 saturated heterocycles. The minimum atomic E-state index is -0.675. The van der Waals surface area contributed by atoms with Gasteiger partial charge in [0, 0.05) is 19.2 Å². The van der Waals surface area contributed by atoms with Gasteiger partial charge >= 0.3 is 5.97 Å². The number of methoxy groups -OCH3 is 1. The average Bonchev–Trinajstić information content (AvgIpc) is 2.12. The quantitative estimate of drug-likeness (QED) is 0.671. The first-order valence-corrected chi connectivity index (χ1v) is 5.66. The molecule has 1 rings (SSSR count). The number of hydrogen-bond donors (Lipinski definition) is 2. The van der Waals surface area contributed by atoms with Crippen LogP contribution in [0.15, 0.2) is 0 Å². The lowest BCUT2D eigenvalue weighted by atomic mass is 9.79. The molecule has 0 radical (unpaired) electrons. The number of carboxylic acid groups (broad SMARTS) is 1. The summed E-state index contributed by atoms with van der Waals surface area (Å²) in [5.41, 5.74) is 0. The van der Waals surface area contributed by atoms with Gasteiger partial charge in [-0.2, -0.15) is 0 Å². The Morgan fingerprint density at radius 2 is 2.33 bits per heavy atom. The number of aliphatic carboxylic acids is 1. The summed E-state index contributed by atoms with van der Waals surface area (Å²) in [6, 6.07) is 0.446. The summed E-state index contributed by atoms with van der Waals surface area (Å²) in [5.74, 6) is -0.868. The van der Waals surface area contributed by atoms with Crippen molar-refractivity contribution in [2.24, 2.45) is 5.92 Å². The third-order valence-electron chi connectivity index (χ3n) is 3.05. The Hall–Kier alpha value is -0.610. The highest BCUT2D eigenvalue weighted by Crippen LogP contribution is 2.28. The molecule has 0 aromatic heterocycles. The van der Waals surface area contributed by atoms with Gasteiger partial charge in [-0.25, -0.2) is 0 Å². The molecule has 0 amide bonds. The summed E-state index contributed by atoms with van der Waals surface area (Å²) in [6.07, 6.45) is 3.90. The van der Waals surface area contributed by atoms with Crippen LogP contribution >= 0.6 is 0 Å². The van der Waals surface area contributed by atoms with Gasteiger partial charge in [-0.1, -0.05) is 13.3 Å². The van der Waals surface area contributed by atoms with E-state index in [9.17, 15) is 4.79 Å². The lowest BCUT2D eigenvalue weighted by Gasteiger charge is -2.37. The average molecular weight is 215 g/mol. The molecule has 0 aromatic rings. The fourth-order valence-corrected chi connectivity index (χ4v) is 2.06. The maximum Gasteiger partial charge on any atom is 0.308 e. The van der Waals surface area contributed by atoms with Crippen LogP contribution in [0.1, 0.15) is 32.6 Å². The molecule has 1 aliphatic rings. The van der Waals surface area contributed by atoms with Crippen molar-refractivity contribution in [3.63, 3.8) is 0 Å². The van der Waals surface area contributed by atoms with E-state index in [4.69, 9.17) is 9.84 Å². The predicted octanol–water partition coefficient (Wildman–Crippen LogP) is 1.25. The van der Waals surface area contributed by atoms with Crippen LogP contribution in [-0.4, -0.2) is 36.9 Å². The van der Waals surface area contributed by atoms with Crippen LogP contribution in [0.3, 0.4) is 0 Å².